The van der Waals surface area contributed by atoms with Crippen molar-refractivity contribution < 1.29 is 19.0 Å². The summed E-state index contributed by atoms with van der Waals surface area (Å²) in [4.78, 5) is 14.7. The number of rotatable bonds is 5. The molecule has 2 aliphatic heterocycles. The van der Waals surface area contributed by atoms with Gasteiger partial charge in [0.2, 0.25) is 0 Å². The normalized spacial score (nSPS) is 20.2. The molecule has 0 radical (unpaired) electrons. The zero-order chi connectivity index (χ0) is 18.8. The Morgan fingerprint density at radius 3 is 2.44 bits per heavy atom. The SMILES string of the molecule is COc1ccc2c(c1OC)C(=O)O[C@H]2N1CCC(Cc2ccccc2)CC1. The smallest absolute Gasteiger partial charge is 0.344 e. The first-order valence-electron chi connectivity index (χ1n) is 9.45. The standard InChI is InChI=1S/C22H25NO4/c1-25-18-9-8-17-19(20(18)26-2)22(24)27-21(17)23-12-10-16(11-13-23)14-15-6-4-3-5-7-15/h3-9,16,21H,10-14H2,1-2H3/t21-/m1/s1. The summed E-state index contributed by atoms with van der Waals surface area (Å²) < 4.78 is 16.5. The number of ether oxygens (including phenoxy) is 3. The lowest BCUT2D eigenvalue weighted by Gasteiger charge is -2.35. The van der Waals surface area contributed by atoms with Crippen LogP contribution in [0.2, 0.25) is 0 Å². The van der Waals surface area contributed by atoms with Gasteiger partial charge in [0.05, 0.1) is 14.2 Å². The van der Waals surface area contributed by atoms with Crippen LogP contribution in [0, 0.1) is 5.92 Å². The van der Waals surface area contributed by atoms with Crippen molar-refractivity contribution in [2.45, 2.75) is 25.5 Å². The molecule has 27 heavy (non-hydrogen) atoms. The van der Waals surface area contributed by atoms with Crippen LogP contribution in [0.3, 0.4) is 0 Å². The number of cyclic esters (lactones) is 1. The molecule has 1 fully saturated rings. The number of hydrogen-bond acceptors (Lipinski definition) is 5. The van der Waals surface area contributed by atoms with Crippen LogP contribution in [0.15, 0.2) is 42.5 Å². The number of hydrogen-bond donors (Lipinski definition) is 0. The van der Waals surface area contributed by atoms with Gasteiger partial charge >= 0.3 is 5.97 Å². The van der Waals surface area contributed by atoms with Crippen molar-refractivity contribution in [2.24, 2.45) is 5.92 Å². The summed E-state index contributed by atoms with van der Waals surface area (Å²) in [6.45, 7) is 1.84. The van der Waals surface area contributed by atoms with Crippen LogP contribution in [-0.4, -0.2) is 38.2 Å². The average molecular weight is 367 g/mol. The summed E-state index contributed by atoms with van der Waals surface area (Å²) in [6.07, 6.45) is 2.99. The lowest BCUT2D eigenvalue weighted by atomic mass is 9.90. The van der Waals surface area contributed by atoms with E-state index in [0.29, 0.717) is 23.0 Å². The molecular weight excluding hydrogens is 342 g/mol. The van der Waals surface area contributed by atoms with Crippen molar-refractivity contribution in [3.63, 3.8) is 0 Å². The molecule has 1 saturated heterocycles. The number of esters is 1. The van der Waals surface area contributed by atoms with Crippen LogP contribution in [0.1, 0.15) is 40.6 Å². The molecule has 0 unspecified atom stereocenters. The lowest BCUT2D eigenvalue weighted by molar-refractivity contribution is -0.0357. The Labute approximate surface area is 159 Å². The van der Waals surface area contributed by atoms with Gasteiger partial charge in [0.15, 0.2) is 17.7 Å². The van der Waals surface area contributed by atoms with Crippen molar-refractivity contribution in [1.82, 2.24) is 4.90 Å². The second-order valence-electron chi connectivity index (χ2n) is 7.19. The Bertz CT molecular complexity index is 813. The van der Waals surface area contributed by atoms with Gasteiger partial charge in [0.1, 0.15) is 5.56 Å². The quantitative estimate of drug-likeness (QED) is 0.752. The molecule has 0 bridgehead atoms. The summed E-state index contributed by atoms with van der Waals surface area (Å²) in [6, 6.07) is 14.4. The molecule has 142 valence electrons. The van der Waals surface area contributed by atoms with Crippen LogP contribution in [0.5, 0.6) is 11.5 Å². The van der Waals surface area contributed by atoms with Gasteiger partial charge in [-0.1, -0.05) is 30.3 Å². The highest BCUT2D eigenvalue weighted by Gasteiger charge is 2.40. The minimum Gasteiger partial charge on any atom is -0.493 e. The maximum absolute atomic E-state index is 12.5. The zero-order valence-electron chi connectivity index (χ0n) is 15.8. The molecule has 2 aromatic carbocycles. The van der Waals surface area contributed by atoms with Crippen molar-refractivity contribution >= 4 is 5.97 Å². The Morgan fingerprint density at radius 2 is 1.78 bits per heavy atom. The van der Waals surface area contributed by atoms with E-state index in [0.717, 1.165) is 37.9 Å². The number of carbonyl (C=O) groups excluding carboxylic acids is 1. The number of piperidine rings is 1. The Kier molecular flexibility index (Phi) is 5.03. The van der Waals surface area contributed by atoms with Crippen LogP contribution in [0.4, 0.5) is 0 Å². The molecule has 2 aromatic rings. The Morgan fingerprint density at radius 1 is 1.04 bits per heavy atom. The van der Waals surface area contributed by atoms with E-state index < -0.39 is 0 Å². The summed E-state index contributed by atoms with van der Waals surface area (Å²) in [5, 5.41) is 0. The van der Waals surface area contributed by atoms with E-state index in [9.17, 15) is 4.79 Å². The predicted octanol–water partition coefficient (Wildman–Crippen LogP) is 3.83. The lowest BCUT2D eigenvalue weighted by Crippen LogP contribution is -2.37. The second kappa shape index (κ2) is 7.61. The fourth-order valence-electron chi connectivity index (χ4n) is 4.19. The molecule has 0 amide bonds. The van der Waals surface area contributed by atoms with E-state index in [2.05, 4.69) is 35.2 Å². The Balaban J connectivity index is 1.47. The third kappa shape index (κ3) is 3.39. The molecule has 2 aliphatic rings. The third-order valence-electron chi connectivity index (χ3n) is 5.61. The fourth-order valence-corrected chi connectivity index (χ4v) is 4.19. The molecule has 0 saturated carbocycles. The van der Waals surface area contributed by atoms with Gasteiger partial charge in [-0.25, -0.2) is 4.79 Å². The maximum atomic E-state index is 12.5. The molecule has 5 nitrogen and oxygen atoms in total. The van der Waals surface area contributed by atoms with Gasteiger partial charge in [-0.05, 0) is 42.9 Å². The van der Waals surface area contributed by atoms with Crippen LogP contribution in [0.25, 0.3) is 0 Å². The van der Waals surface area contributed by atoms with Gasteiger partial charge in [-0.15, -0.1) is 0 Å². The number of methoxy groups -OCH3 is 2. The average Bonchev–Trinajstić information content (AvgIpc) is 3.05. The summed E-state index contributed by atoms with van der Waals surface area (Å²) in [7, 11) is 3.12. The molecule has 0 spiro atoms. The van der Waals surface area contributed by atoms with Gasteiger partial charge in [0.25, 0.3) is 0 Å². The van der Waals surface area contributed by atoms with Crippen LogP contribution < -0.4 is 9.47 Å². The second-order valence-corrected chi connectivity index (χ2v) is 7.19. The number of fused-ring (bicyclic) bond motifs is 1. The van der Waals surface area contributed by atoms with Crippen LogP contribution in [-0.2, 0) is 11.2 Å². The molecule has 4 rings (SSSR count). The molecule has 2 heterocycles. The monoisotopic (exact) mass is 367 g/mol. The van der Waals surface area contributed by atoms with E-state index in [1.807, 2.05) is 12.1 Å². The minimum atomic E-state index is -0.336. The third-order valence-corrected chi connectivity index (χ3v) is 5.61. The van der Waals surface area contributed by atoms with Gasteiger partial charge in [-0.2, -0.15) is 0 Å². The van der Waals surface area contributed by atoms with Crippen molar-refractivity contribution in [3.8, 4) is 11.5 Å². The highest BCUT2D eigenvalue weighted by Crippen LogP contribution is 2.43. The number of nitrogens with zero attached hydrogens (tertiary/aromatic N) is 1. The highest BCUT2D eigenvalue weighted by molar-refractivity contribution is 5.98. The number of likely N-dealkylation sites (tertiary alicyclic amines) is 1. The molecular formula is C22H25NO4. The first-order valence-corrected chi connectivity index (χ1v) is 9.45. The first kappa shape index (κ1) is 17.9. The topological polar surface area (TPSA) is 48.0 Å². The molecule has 0 aromatic heterocycles. The summed E-state index contributed by atoms with van der Waals surface area (Å²) >= 11 is 0. The van der Waals surface area contributed by atoms with E-state index in [4.69, 9.17) is 14.2 Å². The highest BCUT2D eigenvalue weighted by atomic mass is 16.6. The largest absolute Gasteiger partial charge is 0.493 e. The molecule has 1 atom stereocenters. The molecule has 5 heteroatoms. The van der Waals surface area contributed by atoms with Gasteiger partial charge < -0.3 is 14.2 Å². The van der Waals surface area contributed by atoms with Crippen molar-refractivity contribution in [2.75, 3.05) is 27.3 Å². The Hall–Kier alpha value is -2.53. The van der Waals surface area contributed by atoms with E-state index in [-0.39, 0.29) is 12.2 Å². The maximum Gasteiger partial charge on any atom is 0.344 e. The fraction of sp³-hybridized carbons (Fsp3) is 0.409. The molecule has 0 aliphatic carbocycles. The first-order chi connectivity index (χ1) is 13.2. The van der Waals surface area contributed by atoms with Gasteiger partial charge in [-0.3, -0.25) is 4.90 Å². The number of benzene rings is 2. The van der Waals surface area contributed by atoms with Gasteiger partial charge in [0, 0.05) is 18.7 Å². The van der Waals surface area contributed by atoms with E-state index in [1.54, 1.807) is 14.2 Å². The number of carbonyl (C=O) groups is 1. The summed E-state index contributed by atoms with van der Waals surface area (Å²) in [5.41, 5.74) is 2.76. The van der Waals surface area contributed by atoms with Crippen molar-refractivity contribution in [1.29, 1.82) is 0 Å². The molecule has 0 N–H and O–H groups in total. The van der Waals surface area contributed by atoms with Crippen molar-refractivity contribution in [3.05, 3.63) is 59.2 Å². The van der Waals surface area contributed by atoms with E-state index >= 15 is 0 Å². The zero-order valence-corrected chi connectivity index (χ0v) is 15.8. The summed E-state index contributed by atoms with van der Waals surface area (Å²) in [5.74, 6) is 1.35. The van der Waals surface area contributed by atoms with E-state index in [1.165, 1.54) is 5.56 Å². The predicted molar refractivity (Wildman–Crippen MR) is 102 cm³/mol. The minimum absolute atomic E-state index is 0.329. The van der Waals surface area contributed by atoms with Crippen LogP contribution >= 0.6 is 0 Å².